The first-order chi connectivity index (χ1) is 15.1. The third kappa shape index (κ3) is 4.43. The monoisotopic (exact) mass is 435 g/mol. The van der Waals surface area contributed by atoms with Crippen LogP contribution in [-0.4, -0.2) is 34.8 Å². The van der Waals surface area contributed by atoms with Crippen LogP contribution in [0.4, 0.5) is 0 Å². The van der Waals surface area contributed by atoms with E-state index in [1.54, 1.807) is 4.90 Å². The minimum atomic E-state index is -0.643. The maximum Gasteiger partial charge on any atom is 0.295 e. The number of aliphatic hydroxyl groups excluding tert-OH is 1. The normalized spacial score (nSPS) is 18.3. The van der Waals surface area contributed by atoms with E-state index in [-0.39, 0.29) is 16.7 Å². The van der Waals surface area contributed by atoms with Gasteiger partial charge in [0.05, 0.1) is 18.2 Å². The molecule has 1 saturated heterocycles. The van der Waals surface area contributed by atoms with Gasteiger partial charge in [0.1, 0.15) is 11.5 Å². The molecule has 3 rings (SSSR count). The van der Waals surface area contributed by atoms with Gasteiger partial charge in [-0.15, -0.1) is 0 Å². The number of benzene rings is 2. The lowest BCUT2D eigenvalue weighted by molar-refractivity contribution is -0.139. The summed E-state index contributed by atoms with van der Waals surface area (Å²) in [5.74, 6) is -0.617. The zero-order valence-electron chi connectivity index (χ0n) is 19.9. The largest absolute Gasteiger partial charge is 0.507 e. The molecule has 0 spiro atoms. The second-order valence-electron chi connectivity index (χ2n) is 9.27. The maximum absolute atomic E-state index is 13.1. The Morgan fingerprint density at radius 2 is 1.72 bits per heavy atom. The second kappa shape index (κ2) is 9.19. The first-order valence-corrected chi connectivity index (χ1v) is 11.2. The molecule has 5 nitrogen and oxygen atoms in total. The van der Waals surface area contributed by atoms with Crippen molar-refractivity contribution in [2.24, 2.45) is 0 Å². The number of carbonyl (C=O) groups excluding carboxylic acids is 2. The predicted octanol–water partition coefficient (Wildman–Crippen LogP) is 5.52. The van der Waals surface area contributed by atoms with Gasteiger partial charge in [0.2, 0.25) is 0 Å². The van der Waals surface area contributed by atoms with Crippen molar-refractivity contribution in [1.82, 2.24) is 4.90 Å². The Hall–Kier alpha value is -3.08. The zero-order valence-corrected chi connectivity index (χ0v) is 19.9. The van der Waals surface area contributed by atoms with Crippen LogP contribution >= 0.6 is 0 Å². The molecule has 1 unspecified atom stereocenters. The number of amides is 1. The summed E-state index contributed by atoms with van der Waals surface area (Å²) in [7, 11) is 0. The highest BCUT2D eigenvalue weighted by Gasteiger charge is 2.45. The number of hydrogen-bond acceptors (Lipinski definition) is 4. The molecule has 0 saturated carbocycles. The number of carbonyl (C=O) groups is 2. The average Bonchev–Trinajstić information content (AvgIpc) is 2.99. The number of nitrogens with zero attached hydrogens (tertiary/aromatic N) is 1. The first kappa shape index (κ1) is 23.6. The van der Waals surface area contributed by atoms with Gasteiger partial charge < -0.3 is 14.7 Å². The summed E-state index contributed by atoms with van der Waals surface area (Å²) in [6.45, 7) is 13.1. The molecule has 0 aromatic heterocycles. The summed E-state index contributed by atoms with van der Waals surface area (Å²) in [4.78, 5) is 27.6. The van der Waals surface area contributed by atoms with Crippen molar-refractivity contribution in [1.29, 1.82) is 0 Å². The van der Waals surface area contributed by atoms with Gasteiger partial charge >= 0.3 is 0 Å². The van der Waals surface area contributed by atoms with Crippen LogP contribution in [-0.2, 0) is 15.0 Å². The Labute approximate surface area is 190 Å². The highest BCUT2D eigenvalue weighted by atomic mass is 16.5. The van der Waals surface area contributed by atoms with E-state index >= 15 is 0 Å². The summed E-state index contributed by atoms with van der Waals surface area (Å²) in [6.07, 6.45) is 0.707. The van der Waals surface area contributed by atoms with Crippen LogP contribution in [0.3, 0.4) is 0 Å². The molecule has 170 valence electrons. The molecule has 32 heavy (non-hydrogen) atoms. The average molecular weight is 436 g/mol. The summed E-state index contributed by atoms with van der Waals surface area (Å²) in [6, 6.07) is 12.6. The summed E-state index contributed by atoms with van der Waals surface area (Å²) < 4.78 is 5.54. The van der Waals surface area contributed by atoms with Crippen LogP contribution in [0.2, 0.25) is 0 Å². The summed E-state index contributed by atoms with van der Waals surface area (Å²) >= 11 is 0. The maximum atomic E-state index is 13.1. The van der Waals surface area contributed by atoms with Gasteiger partial charge in [-0.1, -0.05) is 52.0 Å². The minimum Gasteiger partial charge on any atom is -0.507 e. The lowest BCUT2D eigenvalue weighted by Crippen LogP contribution is -2.30. The molecule has 0 bridgehead atoms. The molecule has 1 atom stereocenters. The van der Waals surface area contributed by atoms with Crippen LogP contribution in [0.15, 0.2) is 48.0 Å². The first-order valence-electron chi connectivity index (χ1n) is 11.2. The summed E-state index contributed by atoms with van der Waals surface area (Å²) in [5.41, 5.74) is 3.27. The molecule has 5 heteroatoms. The van der Waals surface area contributed by atoms with Crippen LogP contribution in [0.25, 0.3) is 5.76 Å². The van der Waals surface area contributed by atoms with E-state index in [1.165, 1.54) is 0 Å². The molecule has 1 heterocycles. The predicted molar refractivity (Wildman–Crippen MR) is 127 cm³/mol. The van der Waals surface area contributed by atoms with Gasteiger partial charge in [0.25, 0.3) is 11.7 Å². The Bertz CT molecular complexity index is 1040. The van der Waals surface area contributed by atoms with E-state index in [9.17, 15) is 14.7 Å². The van der Waals surface area contributed by atoms with Crippen molar-refractivity contribution >= 4 is 17.4 Å². The Balaban J connectivity index is 2.20. The number of aliphatic hydroxyl groups is 1. The molecule has 0 aliphatic carbocycles. The van der Waals surface area contributed by atoms with E-state index in [0.29, 0.717) is 25.1 Å². The van der Waals surface area contributed by atoms with E-state index in [2.05, 4.69) is 20.8 Å². The number of ketones is 1. The van der Waals surface area contributed by atoms with Crippen molar-refractivity contribution in [3.8, 4) is 5.75 Å². The fourth-order valence-electron chi connectivity index (χ4n) is 4.10. The molecule has 1 fully saturated rings. The fraction of sp³-hybridized carbons (Fsp3) is 0.407. The number of aryl methyl sites for hydroxylation is 1. The highest BCUT2D eigenvalue weighted by Crippen LogP contribution is 2.41. The van der Waals surface area contributed by atoms with Gasteiger partial charge in [-0.05, 0) is 60.6 Å². The van der Waals surface area contributed by atoms with Crippen LogP contribution in [0, 0.1) is 6.92 Å². The number of hydrogen-bond donors (Lipinski definition) is 1. The van der Waals surface area contributed by atoms with Gasteiger partial charge in [-0.25, -0.2) is 0 Å². The van der Waals surface area contributed by atoms with Crippen molar-refractivity contribution in [2.45, 2.75) is 59.4 Å². The number of rotatable bonds is 6. The van der Waals surface area contributed by atoms with Crippen molar-refractivity contribution < 1.29 is 19.4 Å². The molecule has 1 aliphatic heterocycles. The molecule has 1 amide bonds. The number of Topliss-reactive ketones (excluding diaryl/α,β-unsaturated/α-hetero) is 1. The lowest BCUT2D eigenvalue weighted by atomic mass is 9.84. The number of likely N-dealkylation sites (tertiary alicyclic amines) is 1. The standard InChI is InChI=1S/C27H33NO4/c1-7-15-28-23(18-10-13-20(14-11-18)32-8-2)22(25(30)26(28)31)24(29)21-16-19(27(4,5)6)12-9-17(21)3/h9-14,16,23,29H,7-8,15H2,1-6H3/b24-22+. The van der Waals surface area contributed by atoms with Crippen molar-refractivity contribution in [3.63, 3.8) is 0 Å². The Morgan fingerprint density at radius 1 is 1.06 bits per heavy atom. The van der Waals surface area contributed by atoms with Crippen LogP contribution in [0.5, 0.6) is 5.75 Å². The highest BCUT2D eigenvalue weighted by molar-refractivity contribution is 6.46. The van der Waals surface area contributed by atoms with Gasteiger partial charge in [-0.3, -0.25) is 9.59 Å². The van der Waals surface area contributed by atoms with Gasteiger partial charge in [-0.2, -0.15) is 0 Å². The van der Waals surface area contributed by atoms with E-state index < -0.39 is 17.7 Å². The summed E-state index contributed by atoms with van der Waals surface area (Å²) in [5, 5.41) is 11.4. The Morgan fingerprint density at radius 3 is 2.28 bits per heavy atom. The van der Waals surface area contributed by atoms with Gasteiger partial charge in [0.15, 0.2) is 0 Å². The second-order valence-corrected chi connectivity index (χ2v) is 9.27. The molecule has 0 radical (unpaired) electrons. The van der Waals surface area contributed by atoms with Crippen molar-refractivity contribution in [2.75, 3.05) is 13.2 Å². The molecule has 1 aliphatic rings. The SMILES string of the molecule is CCCN1C(=O)C(=O)/C(=C(/O)c2cc(C(C)(C)C)ccc2C)C1c1ccc(OCC)cc1. The third-order valence-electron chi connectivity index (χ3n) is 5.87. The minimum absolute atomic E-state index is 0.119. The van der Waals surface area contributed by atoms with Crippen molar-refractivity contribution in [3.05, 3.63) is 70.3 Å². The quantitative estimate of drug-likeness (QED) is 0.368. The molecule has 2 aromatic rings. The Kier molecular flexibility index (Phi) is 6.77. The zero-order chi connectivity index (χ0) is 23.6. The van der Waals surface area contributed by atoms with Crippen LogP contribution < -0.4 is 4.74 Å². The fourth-order valence-corrected chi connectivity index (χ4v) is 4.10. The lowest BCUT2D eigenvalue weighted by Gasteiger charge is -2.25. The van der Waals surface area contributed by atoms with E-state index in [4.69, 9.17) is 4.74 Å². The molecule has 1 N–H and O–H groups in total. The van der Waals surface area contributed by atoms with Gasteiger partial charge in [0, 0.05) is 12.1 Å². The smallest absolute Gasteiger partial charge is 0.295 e. The molecular formula is C27H33NO4. The topological polar surface area (TPSA) is 66.8 Å². The molecular weight excluding hydrogens is 402 g/mol. The third-order valence-corrected chi connectivity index (χ3v) is 5.87. The van der Waals surface area contributed by atoms with Crippen LogP contribution in [0.1, 0.15) is 69.3 Å². The van der Waals surface area contributed by atoms with E-state index in [1.807, 2.05) is 63.2 Å². The number of ether oxygens (including phenoxy) is 1. The molecule has 2 aromatic carbocycles. The van der Waals surface area contributed by atoms with E-state index in [0.717, 1.165) is 22.4 Å².